The summed E-state index contributed by atoms with van der Waals surface area (Å²) in [6.45, 7) is 32.5. The highest BCUT2D eigenvalue weighted by Crippen LogP contribution is 2.53. The molecule has 0 saturated carbocycles. The fourth-order valence-corrected chi connectivity index (χ4v) is 6.82. The van der Waals surface area contributed by atoms with Crippen molar-refractivity contribution in [2.75, 3.05) is 6.61 Å². The predicted octanol–water partition coefficient (Wildman–Crippen LogP) is 10.1. The molecule has 0 amide bonds. The summed E-state index contributed by atoms with van der Waals surface area (Å²) in [4.78, 5) is 0. The molecular weight excluding hydrogens is 523 g/mol. The van der Waals surface area contributed by atoms with Gasteiger partial charge >= 0.3 is 8.60 Å². The quantitative estimate of drug-likeness (QED) is 0.299. The van der Waals surface area contributed by atoms with E-state index in [9.17, 15) is 0 Å². The molecule has 41 heavy (non-hydrogen) atoms. The largest absolute Gasteiger partial charge is 0.430 e. The minimum Gasteiger partial charge on any atom is -0.430 e. The summed E-state index contributed by atoms with van der Waals surface area (Å²) < 4.78 is 20.6. The highest BCUT2D eigenvalue weighted by atomic mass is 31.2. The number of hydrogen-bond acceptors (Lipinski definition) is 3. The lowest BCUT2D eigenvalue weighted by atomic mass is 9.72. The molecule has 0 spiro atoms. The molecule has 3 atom stereocenters. The Hall–Kier alpha value is -1.41. The van der Waals surface area contributed by atoms with Crippen LogP contribution in [0.2, 0.25) is 0 Å². The van der Waals surface area contributed by atoms with E-state index in [-0.39, 0.29) is 27.8 Å². The zero-order chi connectivity index (χ0) is 31.0. The lowest BCUT2D eigenvalue weighted by Gasteiger charge is -2.39. The molecule has 3 nitrogen and oxygen atoms in total. The van der Waals surface area contributed by atoms with E-state index in [0.29, 0.717) is 12.5 Å². The standard InChI is InChI=1S/C37H59O3P/c1-15-17-18-25(16-2)24-38-41-39-32-29(22-27(35(6,7)8)23-31(32)36(9,10)11)28-20-19-26(34(3,4)5)21-30(28)33(40-41)37(12,13)14/h19-23,25,32H,15-18,24H2,1-14H3/b29-28-,33-30?. The third kappa shape index (κ3) is 8.36. The molecule has 0 radical (unpaired) electrons. The van der Waals surface area contributed by atoms with E-state index in [2.05, 4.69) is 127 Å². The van der Waals surface area contributed by atoms with Crippen LogP contribution in [0, 0.1) is 22.2 Å². The lowest BCUT2D eigenvalue weighted by molar-refractivity contribution is 0.145. The first kappa shape index (κ1) is 34.1. The first-order chi connectivity index (χ1) is 18.8. The molecule has 0 bridgehead atoms. The Balaban J connectivity index is 2.38. The highest BCUT2D eigenvalue weighted by molar-refractivity contribution is 7.42. The Morgan fingerprint density at radius 2 is 1.46 bits per heavy atom. The van der Waals surface area contributed by atoms with Crippen LogP contribution in [0.5, 0.6) is 0 Å². The molecular formula is C37H59O3P. The minimum absolute atomic E-state index is 0.00425. The Kier molecular flexibility index (Phi) is 10.5. The van der Waals surface area contributed by atoms with Crippen molar-refractivity contribution in [3.63, 3.8) is 0 Å². The van der Waals surface area contributed by atoms with E-state index in [1.165, 1.54) is 52.0 Å². The molecule has 4 heteroatoms. The first-order valence-electron chi connectivity index (χ1n) is 15.9. The predicted molar refractivity (Wildman–Crippen MR) is 178 cm³/mol. The van der Waals surface area contributed by atoms with Crippen molar-refractivity contribution in [2.45, 2.75) is 134 Å². The fourth-order valence-electron chi connectivity index (χ4n) is 5.41. The van der Waals surface area contributed by atoms with Crippen molar-refractivity contribution >= 4 is 19.9 Å². The van der Waals surface area contributed by atoms with Crippen LogP contribution in [-0.2, 0) is 19.0 Å². The van der Waals surface area contributed by atoms with Gasteiger partial charge in [0, 0.05) is 10.6 Å². The first-order valence-corrected chi connectivity index (χ1v) is 17.0. The third-order valence-electron chi connectivity index (χ3n) is 8.36. The van der Waals surface area contributed by atoms with Gasteiger partial charge in [-0.2, -0.15) is 0 Å². The summed E-state index contributed by atoms with van der Waals surface area (Å²) in [7, 11) is -1.62. The van der Waals surface area contributed by atoms with Gasteiger partial charge in [-0.1, -0.05) is 140 Å². The van der Waals surface area contributed by atoms with Crippen molar-refractivity contribution < 1.29 is 13.6 Å². The normalized spacial score (nSPS) is 22.5. The summed E-state index contributed by atoms with van der Waals surface area (Å²) in [5.74, 6) is 1.46. The summed E-state index contributed by atoms with van der Waals surface area (Å²) in [6.07, 6.45) is 9.25. The molecule has 1 aromatic carbocycles. The van der Waals surface area contributed by atoms with Crippen LogP contribution in [0.1, 0.15) is 128 Å². The SMILES string of the molecule is CCCCC(CC)COP1OC(C(C)(C)C)=c2cc(C(C)(C)C)cc/c2=C2\C=C(C(C)(C)C)C=C(C(C)(C)C)C2O1. The van der Waals surface area contributed by atoms with Crippen LogP contribution in [0.4, 0.5) is 0 Å². The van der Waals surface area contributed by atoms with E-state index in [0.717, 1.165) is 12.2 Å². The number of hydrogen-bond donors (Lipinski definition) is 0. The van der Waals surface area contributed by atoms with Crippen LogP contribution in [0.25, 0.3) is 11.3 Å². The number of allylic oxidation sites excluding steroid dienone is 2. The van der Waals surface area contributed by atoms with Crippen molar-refractivity contribution in [3.05, 3.63) is 57.5 Å². The summed E-state index contributed by atoms with van der Waals surface area (Å²) in [6, 6.07) is 6.98. The van der Waals surface area contributed by atoms with Gasteiger partial charge in [0.05, 0.1) is 6.61 Å². The molecule has 3 rings (SSSR count). The van der Waals surface area contributed by atoms with Crippen LogP contribution >= 0.6 is 8.60 Å². The van der Waals surface area contributed by atoms with E-state index >= 15 is 0 Å². The molecule has 0 saturated heterocycles. The van der Waals surface area contributed by atoms with Gasteiger partial charge in [-0.25, -0.2) is 0 Å². The van der Waals surface area contributed by atoms with Crippen molar-refractivity contribution in [1.29, 1.82) is 0 Å². The van der Waals surface area contributed by atoms with Gasteiger partial charge in [0.1, 0.15) is 11.9 Å². The molecule has 1 aromatic rings. The van der Waals surface area contributed by atoms with E-state index < -0.39 is 8.60 Å². The second-order valence-electron chi connectivity index (χ2n) is 16.3. The molecule has 0 N–H and O–H groups in total. The molecule has 3 unspecified atom stereocenters. The second kappa shape index (κ2) is 12.7. The van der Waals surface area contributed by atoms with Gasteiger partial charge in [-0.15, -0.1) is 0 Å². The van der Waals surface area contributed by atoms with E-state index in [1.807, 2.05) is 0 Å². The third-order valence-corrected chi connectivity index (χ3v) is 9.43. The van der Waals surface area contributed by atoms with E-state index in [1.54, 1.807) is 0 Å². The van der Waals surface area contributed by atoms with E-state index in [4.69, 9.17) is 13.6 Å². The highest BCUT2D eigenvalue weighted by Gasteiger charge is 2.39. The molecule has 0 aromatic heterocycles. The lowest BCUT2D eigenvalue weighted by Crippen LogP contribution is -2.41. The van der Waals surface area contributed by atoms with Crippen molar-refractivity contribution in [2.24, 2.45) is 22.2 Å². The smallest absolute Gasteiger partial charge is 0.397 e. The van der Waals surface area contributed by atoms with Gasteiger partial charge in [0.15, 0.2) is 0 Å². The molecule has 2 aliphatic rings. The minimum atomic E-state index is -1.62. The summed E-state index contributed by atoms with van der Waals surface area (Å²) >= 11 is 0. The van der Waals surface area contributed by atoms with Gasteiger partial charge in [0.2, 0.25) is 0 Å². The Morgan fingerprint density at radius 1 is 0.805 bits per heavy atom. The average molecular weight is 583 g/mol. The topological polar surface area (TPSA) is 27.7 Å². The monoisotopic (exact) mass is 582 g/mol. The number of fused-ring (bicyclic) bond motifs is 2. The number of rotatable bonds is 7. The molecule has 1 aliphatic heterocycles. The van der Waals surface area contributed by atoms with Crippen LogP contribution in [0.15, 0.2) is 41.5 Å². The van der Waals surface area contributed by atoms with Gasteiger partial charge in [-0.3, -0.25) is 4.52 Å². The maximum atomic E-state index is 7.02. The number of benzene rings is 1. The molecule has 1 aliphatic carbocycles. The zero-order valence-electron chi connectivity index (χ0n) is 28.7. The van der Waals surface area contributed by atoms with Crippen molar-refractivity contribution in [3.8, 4) is 0 Å². The Morgan fingerprint density at radius 3 is 1.98 bits per heavy atom. The van der Waals surface area contributed by atoms with Crippen LogP contribution in [-0.4, -0.2) is 12.7 Å². The van der Waals surface area contributed by atoms with Gasteiger partial charge < -0.3 is 9.05 Å². The van der Waals surface area contributed by atoms with Gasteiger partial charge in [-0.05, 0) is 62.2 Å². The number of unbranched alkanes of at least 4 members (excludes halogenated alkanes) is 1. The van der Waals surface area contributed by atoms with Gasteiger partial charge in [0.25, 0.3) is 0 Å². The van der Waals surface area contributed by atoms with Crippen LogP contribution < -0.4 is 10.4 Å². The van der Waals surface area contributed by atoms with Crippen LogP contribution in [0.3, 0.4) is 0 Å². The maximum Gasteiger partial charge on any atom is 0.397 e. The maximum absolute atomic E-state index is 7.02. The fraction of sp³-hybridized carbons (Fsp3) is 0.676. The molecule has 230 valence electrons. The van der Waals surface area contributed by atoms with Crippen molar-refractivity contribution in [1.82, 2.24) is 0 Å². The molecule has 0 fully saturated rings. The average Bonchev–Trinajstić information content (AvgIpc) is 2.83. The zero-order valence-corrected chi connectivity index (χ0v) is 29.6. The Labute approximate surface area is 253 Å². The molecule has 1 heterocycles. The second-order valence-corrected chi connectivity index (χ2v) is 17.4. The summed E-state index contributed by atoms with van der Waals surface area (Å²) in [5.41, 5.74) is 4.84. The Bertz CT molecular complexity index is 1260. The summed E-state index contributed by atoms with van der Waals surface area (Å²) in [5, 5.41) is 2.37.